The third-order valence-electron chi connectivity index (χ3n) is 2.18. The molecule has 0 amide bonds. The van der Waals surface area contributed by atoms with Crippen LogP contribution in [0.1, 0.15) is 13.8 Å². The molecule has 1 fully saturated rings. The summed E-state index contributed by atoms with van der Waals surface area (Å²) < 4.78 is 11.1. The van der Waals surface area contributed by atoms with Crippen molar-refractivity contribution in [3.63, 3.8) is 0 Å². The lowest BCUT2D eigenvalue weighted by Crippen LogP contribution is -2.49. The van der Waals surface area contributed by atoms with Crippen molar-refractivity contribution in [3.8, 4) is 0 Å². The first kappa shape index (κ1) is 13.0. The zero-order chi connectivity index (χ0) is 11.1. The van der Waals surface area contributed by atoms with Crippen molar-refractivity contribution < 1.29 is 9.47 Å². The van der Waals surface area contributed by atoms with Gasteiger partial charge < -0.3 is 14.8 Å². The van der Waals surface area contributed by atoms with Crippen molar-refractivity contribution in [1.29, 1.82) is 0 Å². The standard InChI is InChI=1S/C11H21NO2S/c1-4-6-15-7-5-12-10-8-13-11(2,3)14-9-10/h4,10,12H,1,5-9H2,2-3H3. The molecule has 1 heterocycles. The van der Waals surface area contributed by atoms with Crippen LogP contribution in [0.15, 0.2) is 12.7 Å². The van der Waals surface area contributed by atoms with Gasteiger partial charge in [0, 0.05) is 18.1 Å². The largest absolute Gasteiger partial charge is 0.349 e. The third-order valence-corrected chi connectivity index (χ3v) is 3.14. The molecule has 1 saturated heterocycles. The van der Waals surface area contributed by atoms with Crippen LogP contribution in [-0.4, -0.2) is 43.1 Å². The second kappa shape index (κ2) is 6.53. The number of ether oxygens (including phenoxy) is 2. The molecule has 0 atom stereocenters. The summed E-state index contributed by atoms with van der Waals surface area (Å²) in [4.78, 5) is 0. The average molecular weight is 231 g/mol. The molecule has 1 aliphatic rings. The van der Waals surface area contributed by atoms with Crippen LogP contribution < -0.4 is 5.32 Å². The minimum Gasteiger partial charge on any atom is -0.349 e. The summed E-state index contributed by atoms with van der Waals surface area (Å²) in [5.41, 5.74) is 0. The van der Waals surface area contributed by atoms with Crippen molar-refractivity contribution in [3.05, 3.63) is 12.7 Å². The predicted octanol–water partition coefficient (Wildman–Crippen LogP) is 1.65. The molecule has 0 spiro atoms. The van der Waals surface area contributed by atoms with Crippen LogP contribution in [0.25, 0.3) is 0 Å². The van der Waals surface area contributed by atoms with Crippen LogP contribution in [-0.2, 0) is 9.47 Å². The van der Waals surface area contributed by atoms with Crippen molar-refractivity contribution in [2.45, 2.75) is 25.7 Å². The van der Waals surface area contributed by atoms with Crippen LogP contribution in [0, 0.1) is 0 Å². The van der Waals surface area contributed by atoms with Gasteiger partial charge in [0.25, 0.3) is 0 Å². The highest BCUT2D eigenvalue weighted by atomic mass is 32.2. The molecule has 1 N–H and O–H groups in total. The Labute approximate surface area is 96.6 Å². The molecule has 1 aliphatic heterocycles. The molecule has 3 nitrogen and oxygen atoms in total. The zero-order valence-corrected chi connectivity index (χ0v) is 10.4. The SMILES string of the molecule is C=CCSCCNC1COC(C)(C)OC1. The van der Waals surface area contributed by atoms with Gasteiger partial charge in [0.15, 0.2) is 5.79 Å². The summed E-state index contributed by atoms with van der Waals surface area (Å²) in [6.45, 7) is 10.0. The van der Waals surface area contributed by atoms with E-state index in [0.29, 0.717) is 6.04 Å². The van der Waals surface area contributed by atoms with E-state index in [0.717, 1.165) is 31.3 Å². The Morgan fingerprint density at radius 1 is 1.47 bits per heavy atom. The van der Waals surface area contributed by atoms with E-state index in [-0.39, 0.29) is 0 Å². The van der Waals surface area contributed by atoms with Crippen LogP contribution >= 0.6 is 11.8 Å². The van der Waals surface area contributed by atoms with E-state index >= 15 is 0 Å². The Balaban J connectivity index is 2.01. The summed E-state index contributed by atoms with van der Waals surface area (Å²) in [5, 5.41) is 3.41. The first-order valence-electron chi connectivity index (χ1n) is 5.34. The van der Waals surface area contributed by atoms with E-state index in [1.165, 1.54) is 0 Å². The van der Waals surface area contributed by atoms with Crippen LogP contribution in [0.2, 0.25) is 0 Å². The fourth-order valence-electron chi connectivity index (χ4n) is 1.31. The van der Waals surface area contributed by atoms with Gasteiger partial charge in [-0.15, -0.1) is 6.58 Å². The Morgan fingerprint density at radius 2 is 2.13 bits per heavy atom. The summed E-state index contributed by atoms with van der Waals surface area (Å²) in [5.74, 6) is 1.72. The average Bonchev–Trinajstić information content (AvgIpc) is 2.20. The zero-order valence-electron chi connectivity index (χ0n) is 9.62. The fourth-order valence-corrected chi connectivity index (χ4v) is 1.91. The molecule has 1 rings (SSSR count). The first-order valence-corrected chi connectivity index (χ1v) is 6.49. The number of hydrogen-bond acceptors (Lipinski definition) is 4. The maximum atomic E-state index is 5.55. The lowest BCUT2D eigenvalue weighted by molar-refractivity contribution is -0.252. The van der Waals surface area contributed by atoms with Gasteiger partial charge in [-0.05, 0) is 13.8 Å². The minimum atomic E-state index is -0.407. The lowest BCUT2D eigenvalue weighted by atomic mass is 10.2. The van der Waals surface area contributed by atoms with Gasteiger partial charge in [-0.1, -0.05) is 6.08 Å². The fraction of sp³-hybridized carbons (Fsp3) is 0.818. The van der Waals surface area contributed by atoms with E-state index < -0.39 is 5.79 Å². The van der Waals surface area contributed by atoms with Gasteiger partial charge in [-0.2, -0.15) is 11.8 Å². The highest BCUT2D eigenvalue weighted by molar-refractivity contribution is 7.99. The smallest absolute Gasteiger partial charge is 0.162 e. The van der Waals surface area contributed by atoms with Gasteiger partial charge >= 0.3 is 0 Å². The summed E-state index contributed by atoms with van der Waals surface area (Å²) in [7, 11) is 0. The van der Waals surface area contributed by atoms with E-state index in [1.807, 2.05) is 31.7 Å². The lowest BCUT2D eigenvalue weighted by Gasteiger charge is -2.35. The Kier molecular flexibility index (Phi) is 5.68. The van der Waals surface area contributed by atoms with Crippen LogP contribution in [0.3, 0.4) is 0 Å². The van der Waals surface area contributed by atoms with Gasteiger partial charge in [-0.25, -0.2) is 0 Å². The quantitative estimate of drug-likeness (QED) is 0.556. The van der Waals surface area contributed by atoms with Crippen molar-refractivity contribution in [1.82, 2.24) is 5.32 Å². The van der Waals surface area contributed by atoms with Crippen LogP contribution in [0.5, 0.6) is 0 Å². The molecule has 0 aromatic rings. The van der Waals surface area contributed by atoms with Crippen molar-refractivity contribution in [2.24, 2.45) is 0 Å². The maximum absolute atomic E-state index is 5.55. The summed E-state index contributed by atoms with van der Waals surface area (Å²) in [6.07, 6.45) is 1.93. The molecule has 0 aliphatic carbocycles. The maximum Gasteiger partial charge on any atom is 0.162 e. The normalized spacial score (nSPS) is 21.5. The predicted molar refractivity (Wildman–Crippen MR) is 65.3 cm³/mol. The van der Waals surface area contributed by atoms with Gasteiger partial charge in [0.05, 0.1) is 19.3 Å². The molecule has 0 unspecified atom stereocenters. The second-order valence-electron chi connectivity index (χ2n) is 4.04. The molecule has 4 heteroatoms. The molecule has 0 bridgehead atoms. The van der Waals surface area contributed by atoms with Gasteiger partial charge in [-0.3, -0.25) is 0 Å². The van der Waals surface area contributed by atoms with E-state index in [9.17, 15) is 0 Å². The number of nitrogens with one attached hydrogen (secondary N) is 1. The molecular weight excluding hydrogens is 210 g/mol. The molecule has 0 saturated carbocycles. The van der Waals surface area contributed by atoms with Gasteiger partial charge in [0.1, 0.15) is 0 Å². The van der Waals surface area contributed by atoms with Gasteiger partial charge in [0.2, 0.25) is 0 Å². The number of rotatable bonds is 6. The minimum absolute atomic E-state index is 0.336. The second-order valence-corrected chi connectivity index (χ2v) is 5.19. The monoisotopic (exact) mass is 231 g/mol. The topological polar surface area (TPSA) is 30.5 Å². The highest BCUT2D eigenvalue weighted by Gasteiger charge is 2.27. The number of thioether (sulfide) groups is 1. The molecule has 0 radical (unpaired) electrons. The Morgan fingerprint density at radius 3 is 2.73 bits per heavy atom. The highest BCUT2D eigenvalue weighted by Crippen LogP contribution is 2.16. The van der Waals surface area contributed by atoms with E-state index in [2.05, 4.69) is 11.9 Å². The summed E-state index contributed by atoms with van der Waals surface area (Å²) in [6, 6.07) is 0.336. The molecule has 15 heavy (non-hydrogen) atoms. The molecule has 0 aromatic carbocycles. The number of hydrogen-bond donors (Lipinski definition) is 1. The Hall–Kier alpha value is -0.0300. The van der Waals surface area contributed by atoms with Crippen molar-refractivity contribution >= 4 is 11.8 Å². The van der Waals surface area contributed by atoms with E-state index in [1.54, 1.807) is 0 Å². The van der Waals surface area contributed by atoms with Crippen LogP contribution in [0.4, 0.5) is 0 Å². The first-order chi connectivity index (χ1) is 7.14. The molecule has 0 aromatic heterocycles. The molecule has 88 valence electrons. The molecular formula is C11H21NO2S. The summed E-state index contributed by atoms with van der Waals surface area (Å²) >= 11 is 1.88. The van der Waals surface area contributed by atoms with Crippen molar-refractivity contribution in [2.75, 3.05) is 31.3 Å². The Bertz CT molecular complexity index is 187. The van der Waals surface area contributed by atoms with E-state index in [4.69, 9.17) is 9.47 Å². The third kappa shape index (κ3) is 5.56.